The van der Waals surface area contributed by atoms with Crippen LogP contribution in [0.5, 0.6) is 0 Å². The first-order valence-electron chi connectivity index (χ1n) is 3.69. The Kier molecular flexibility index (Phi) is 2.90. The highest BCUT2D eigenvalue weighted by molar-refractivity contribution is 4.83. The van der Waals surface area contributed by atoms with E-state index >= 15 is 0 Å². The third-order valence-corrected chi connectivity index (χ3v) is 1.42. The lowest BCUT2D eigenvalue weighted by atomic mass is 10.2. The first kappa shape index (κ1) is 7.76. The number of hydrogen-bond donors (Lipinski definition) is 0. The van der Waals surface area contributed by atoms with Crippen LogP contribution in [0.3, 0.4) is 0 Å². The lowest BCUT2D eigenvalue weighted by molar-refractivity contribution is -0.146. The predicted molar refractivity (Wildman–Crippen MR) is 39.7 cm³/mol. The molecule has 58 valence electrons. The van der Waals surface area contributed by atoms with Crippen LogP contribution in [0, 0.1) is 5.92 Å². The second kappa shape index (κ2) is 3.74. The molecule has 0 N–H and O–H groups in total. The average molecular weight is 142 g/mol. The highest BCUT2D eigenvalue weighted by Gasteiger charge is 2.13. The van der Waals surface area contributed by atoms with Gasteiger partial charge in [-0.15, -0.1) is 0 Å². The van der Waals surface area contributed by atoms with E-state index in [1.54, 1.807) is 0 Å². The largest absolute Gasteiger partial charge is 0.348 e. The van der Waals surface area contributed by atoms with Crippen LogP contribution in [0.1, 0.15) is 13.8 Å². The van der Waals surface area contributed by atoms with E-state index in [9.17, 15) is 0 Å². The smallest absolute Gasteiger partial charge is 0.160 e. The summed E-state index contributed by atoms with van der Waals surface area (Å²) in [7, 11) is 0. The van der Waals surface area contributed by atoms with Crippen LogP contribution in [0.2, 0.25) is 0 Å². The van der Waals surface area contributed by atoms with Crippen molar-refractivity contribution in [1.82, 2.24) is 0 Å². The Balaban J connectivity index is 2.34. The molecule has 0 atom stereocenters. The summed E-state index contributed by atoms with van der Waals surface area (Å²) in [6.07, 6.45) is 3.96. The Morgan fingerprint density at radius 2 is 1.70 bits per heavy atom. The van der Waals surface area contributed by atoms with E-state index in [-0.39, 0.29) is 6.29 Å². The van der Waals surface area contributed by atoms with E-state index in [1.807, 2.05) is 12.2 Å². The van der Waals surface area contributed by atoms with Gasteiger partial charge in [0.25, 0.3) is 0 Å². The van der Waals surface area contributed by atoms with Crippen LogP contribution in [-0.2, 0) is 9.47 Å². The van der Waals surface area contributed by atoms with Crippen molar-refractivity contribution in [3.05, 3.63) is 12.2 Å². The van der Waals surface area contributed by atoms with Crippen molar-refractivity contribution in [1.29, 1.82) is 0 Å². The molecule has 1 heterocycles. The summed E-state index contributed by atoms with van der Waals surface area (Å²) in [6, 6.07) is 0. The summed E-state index contributed by atoms with van der Waals surface area (Å²) in [4.78, 5) is 0. The number of hydrogen-bond acceptors (Lipinski definition) is 2. The molecule has 0 spiro atoms. The second-order valence-corrected chi connectivity index (χ2v) is 2.75. The molecule has 1 aliphatic heterocycles. The summed E-state index contributed by atoms with van der Waals surface area (Å²) in [5, 5.41) is 0. The van der Waals surface area contributed by atoms with E-state index in [4.69, 9.17) is 9.47 Å². The van der Waals surface area contributed by atoms with Crippen LogP contribution in [0.15, 0.2) is 12.2 Å². The van der Waals surface area contributed by atoms with Crippen molar-refractivity contribution >= 4 is 0 Å². The van der Waals surface area contributed by atoms with Gasteiger partial charge in [0.2, 0.25) is 0 Å². The van der Waals surface area contributed by atoms with Crippen molar-refractivity contribution in [3.63, 3.8) is 0 Å². The van der Waals surface area contributed by atoms with Crippen LogP contribution in [0.4, 0.5) is 0 Å². The van der Waals surface area contributed by atoms with Crippen molar-refractivity contribution < 1.29 is 9.47 Å². The highest BCUT2D eigenvalue weighted by Crippen LogP contribution is 2.09. The molecule has 0 amide bonds. The number of ether oxygens (including phenoxy) is 2. The van der Waals surface area contributed by atoms with Crippen LogP contribution < -0.4 is 0 Å². The maximum absolute atomic E-state index is 5.36. The fraction of sp³-hybridized carbons (Fsp3) is 0.750. The molecule has 0 aliphatic carbocycles. The molecule has 1 rings (SSSR count). The van der Waals surface area contributed by atoms with Gasteiger partial charge in [0, 0.05) is 5.92 Å². The first-order valence-corrected chi connectivity index (χ1v) is 3.69. The molecule has 0 aromatic rings. The van der Waals surface area contributed by atoms with Gasteiger partial charge in [0.05, 0.1) is 13.2 Å². The third kappa shape index (κ3) is 2.12. The van der Waals surface area contributed by atoms with Gasteiger partial charge in [-0.3, -0.25) is 0 Å². The summed E-state index contributed by atoms with van der Waals surface area (Å²) in [5.74, 6) is 0.444. The Morgan fingerprint density at radius 3 is 2.10 bits per heavy atom. The molecular formula is C8H14O2. The summed E-state index contributed by atoms with van der Waals surface area (Å²) < 4.78 is 10.7. The SMILES string of the molecule is CC(C)C1OCC=CCO1. The molecule has 2 heteroatoms. The molecule has 0 bridgehead atoms. The Hall–Kier alpha value is -0.340. The lowest BCUT2D eigenvalue weighted by Gasteiger charge is -2.18. The maximum Gasteiger partial charge on any atom is 0.160 e. The molecule has 0 fully saturated rings. The standard InChI is InChI=1S/C8H14O2/c1-7(2)8-9-5-3-4-6-10-8/h3-4,7-8H,5-6H2,1-2H3. The summed E-state index contributed by atoms with van der Waals surface area (Å²) in [5.41, 5.74) is 0. The molecular weight excluding hydrogens is 128 g/mol. The molecule has 0 saturated heterocycles. The lowest BCUT2D eigenvalue weighted by Crippen LogP contribution is -2.22. The van der Waals surface area contributed by atoms with E-state index in [0.717, 1.165) is 0 Å². The van der Waals surface area contributed by atoms with E-state index in [0.29, 0.717) is 19.1 Å². The van der Waals surface area contributed by atoms with Crippen molar-refractivity contribution in [2.45, 2.75) is 20.1 Å². The maximum atomic E-state index is 5.36. The monoisotopic (exact) mass is 142 g/mol. The van der Waals surface area contributed by atoms with Gasteiger partial charge in [-0.2, -0.15) is 0 Å². The first-order chi connectivity index (χ1) is 4.80. The zero-order chi connectivity index (χ0) is 7.40. The van der Waals surface area contributed by atoms with Crippen molar-refractivity contribution in [2.75, 3.05) is 13.2 Å². The Labute approximate surface area is 61.8 Å². The predicted octanol–water partition coefficient (Wildman–Crippen LogP) is 1.57. The van der Waals surface area contributed by atoms with Crippen LogP contribution in [-0.4, -0.2) is 19.5 Å². The normalized spacial score (nSPS) is 21.5. The quantitative estimate of drug-likeness (QED) is 0.517. The zero-order valence-electron chi connectivity index (χ0n) is 6.54. The second-order valence-electron chi connectivity index (χ2n) is 2.75. The fourth-order valence-electron chi connectivity index (χ4n) is 0.870. The average Bonchev–Trinajstić information content (AvgIpc) is 2.12. The van der Waals surface area contributed by atoms with E-state index < -0.39 is 0 Å². The van der Waals surface area contributed by atoms with Gasteiger partial charge in [-0.1, -0.05) is 26.0 Å². The zero-order valence-corrected chi connectivity index (χ0v) is 6.54. The van der Waals surface area contributed by atoms with E-state index in [2.05, 4.69) is 13.8 Å². The minimum absolute atomic E-state index is 0.0185. The number of rotatable bonds is 1. The summed E-state index contributed by atoms with van der Waals surface area (Å²) >= 11 is 0. The van der Waals surface area contributed by atoms with Crippen molar-refractivity contribution in [2.24, 2.45) is 5.92 Å². The molecule has 2 nitrogen and oxygen atoms in total. The topological polar surface area (TPSA) is 18.5 Å². The molecule has 0 radical (unpaired) electrons. The molecule has 0 aromatic heterocycles. The fourth-order valence-corrected chi connectivity index (χ4v) is 0.870. The summed E-state index contributed by atoms with van der Waals surface area (Å²) in [6.45, 7) is 5.55. The van der Waals surface area contributed by atoms with Gasteiger partial charge < -0.3 is 9.47 Å². The van der Waals surface area contributed by atoms with E-state index in [1.165, 1.54) is 0 Å². The molecule has 0 unspecified atom stereocenters. The molecule has 1 aliphatic rings. The van der Waals surface area contributed by atoms with Crippen LogP contribution in [0.25, 0.3) is 0 Å². The van der Waals surface area contributed by atoms with Crippen molar-refractivity contribution in [3.8, 4) is 0 Å². The molecule has 0 saturated carbocycles. The van der Waals surface area contributed by atoms with Gasteiger partial charge in [-0.25, -0.2) is 0 Å². The Bertz CT molecular complexity index is 108. The van der Waals surface area contributed by atoms with Crippen LogP contribution >= 0.6 is 0 Å². The minimum Gasteiger partial charge on any atom is -0.348 e. The van der Waals surface area contributed by atoms with Gasteiger partial charge in [0.1, 0.15) is 0 Å². The van der Waals surface area contributed by atoms with Gasteiger partial charge in [0.15, 0.2) is 6.29 Å². The van der Waals surface area contributed by atoms with Gasteiger partial charge >= 0.3 is 0 Å². The minimum atomic E-state index is -0.0185. The highest BCUT2D eigenvalue weighted by atomic mass is 16.7. The Morgan fingerprint density at radius 1 is 1.20 bits per heavy atom. The molecule has 10 heavy (non-hydrogen) atoms. The molecule has 0 aromatic carbocycles. The third-order valence-electron chi connectivity index (χ3n) is 1.42. The van der Waals surface area contributed by atoms with Gasteiger partial charge in [-0.05, 0) is 0 Å².